The summed E-state index contributed by atoms with van der Waals surface area (Å²) < 4.78 is 5.11. The Bertz CT molecular complexity index is 654. The Kier molecular flexibility index (Phi) is 5.74. The predicted octanol–water partition coefficient (Wildman–Crippen LogP) is 3.08. The zero-order chi connectivity index (χ0) is 16.7. The molecule has 0 atom stereocenters. The Morgan fingerprint density at radius 3 is 2.26 bits per heavy atom. The van der Waals surface area contributed by atoms with Gasteiger partial charge in [-0.2, -0.15) is 0 Å². The fourth-order valence-electron chi connectivity index (χ4n) is 2.19. The zero-order valence-electron chi connectivity index (χ0n) is 13.3. The van der Waals surface area contributed by atoms with E-state index in [2.05, 4.69) is 5.32 Å². The number of carbonyl (C=O) groups excluding carboxylic acids is 2. The SMILES string of the molecule is COc1ccc(N(CCC(=O)Nc2ccccc2)C(C)=O)cc1. The van der Waals surface area contributed by atoms with E-state index in [1.54, 1.807) is 36.3 Å². The van der Waals surface area contributed by atoms with Crippen molar-refractivity contribution in [2.24, 2.45) is 0 Å². The van der Waals surface area contributed by atoms with Crippen molar-refractivity contribution in [2.45, 2.75) is 13.3 Å². The number of methoxy groups -OCH3 is 1. The molecule has 23 heavy (non-hydrogen) atoms. The maximum Gasteiger partial charge on any atom is 0.226 e. The highest BCUT2D eigenvalue weighted by atomic mass is 16.5. The summed E-state index contributed by atoms with van der Waals surface area (Å²) in [5.74, 6) is 0.484. The van der Waals surface area contributed by atoms with Crippen LogP contribution in [0.25, 0.3) is 0 Å². The van der Waals surface area contributed by atoms with Gasteiger partial charge in [-0.15, -0.1) is 0 Å². The van der Waals surface area contributed by atoms with Crippen molar-refractivity contribution in [3.05, 3.63) is 54.6 Å². The van der Waals surface area contributed by atoms with Gasteiger partial charge in [-0.25, -0.2) is 0 Å². The summed E-state index contributed by atoms with van der Waals surface area (Å²) in [4.78, 5) is 25.4. The number of rotatable bonds is 6. The van der Waals surface area contributed by atoms with Crippen LogP contribution in [-0.2, 0) is 9.59 Å². The molecule has 0 spiro atoms. The summed E-state index contributed by atoms with van der Waals surface area (Å²) in [5, 5.41) is 2.81. The number of nitrogens with one attached hydrogen (secondary N) is 1. The highest BCUT2D eigenvalue weighted by Gasteiger charge is 2.13. The van der Waals surface area contributed by atoms with E-state index in [1.165, 1.54) is 6.92 Å². The Hall–Kier alpha value is -2.82. The molecule has 0 aliphatic carbocycles. The normalized spacial score (nSPS) is 10.0. The van der Waals surface area contributed by atoms with Crippen LogP contribution in [0.15, 0.2) is 54.6 Å². The molecule has 2 amide bonds. The van der Waals surface area contributed by atoms with Crippen LogP contribution < -0.4 is 15.0 Å². The summed E-state index contributed by atoms with van der Waals surface area (Å²) in [7, 11) is 1.59. The van der Waals surface area contributed by atoms with Gasteiger partial charge in [-0.05, 0) is 36.4 Å². The van der Waals surface area contributed by atoms with Gasteiger partial charge in [-0.3, -0.25) is 9.59 Å². The van der Waals surface area contributed by atoms with Crippen LogP contribution in [0, 0.1) is 0 Å². The second-order valence-corrected chi connectivity index (χ2v) is 5.03. The Morgan fingerprint density at radius 2 is 1.70 bits per heavy atom. The minimum absolute atomic E-state index is 0.109. The summed E-state index contributed by atoms with van der Waals surface area (Å²) in [6.07, 6.45) is 0.223. The van der Waals surface area contributed by atoms with Crippen LogP contribution in [0.2, 0.25) is 0 Å². The third-order valence-electron chi connectivity index (χ3n) is 3.38. The quantitative estimate of drug-likeness (QED) is 0.892. The molecule has 120 valence electrons. The lowest BCUT2D eigenvalue weighted by Crippen LogP contribution is -2.31. The van der Waals surface area contributed by atoms with Gasteiger partial charge in [-0.1, -0.05) is 18.2 Å². The highest BCUT2D eigenvalue weighted by Crippen LogP contribution is 2.19. The Balaban J connectivity index is 1.96. The van der Waals surface area contributed by atoms with Crippen LogP contribution in [0.1, 0.15) is 13.3 Å². The van der Waals surface area contributed by atoms with E-state index < -0.39 is 0 Å². The van der Waals surface area contributed by atoms with Crippen LogP contribution >= 0.6 is 0 Å². The molecule has 5 nitrogen and oxygen atoms in total. The van der Waals surface area contributed by atoms with E-state index in [0.717, 1.165) is 17.1 Å². The number of hydrogen-bond acceptors (Lipinski definition) is 3. The molecular weight excluding hydrogens is 292 g/mol. The number of anilines is 2. The fraction of sp³-hybridized carbons (Fsp3) is 0.222. The van der Waals surface area contributed by atoms with Gasteiger partial charge in [0.05, 0.1) is 7.11 Å². The van der Waals surface area contributed by atoms with E-state index in [1.807, 2.05) is 30.3 Å². The number of para-hydroxylation sites is 1. The molecule has 0 heterocycles. The van der Waals surface area contributed by atoms with Gasteiger partial charge in [0.15, 0.2) is 0 Å². The molecular formula is C18H20N2O3. The van der Waals surface area contributed by atoms with Crippen molar-refractivity contribution in [3.8, 4) is 5.75 Å². The molecule has 0 aliphatic heterocycles. The van der Waals surface area contributed by atoms with Crippen molar-refractivity contribution in [1.29, 1.82) is 0 Å². The Labute approximate surface area is 135 Å². The fourth-order valence-corrected chi connectivity index (χ4v) is 2.19. The number of nitrogens with zero attached hydrogens (tertiary/aromatic N) is 1. The van der Waals surface area contributed by atoms with Gasteiger partial charge in [0.1, 0.15) is 5.75 Å². The smallest absolute Gasteiger partial charge is 0.226 e. The van der Waals surface area contributed by atoms with Crippen molar-refractivity contribution >= 4 is 23.2 Å². The molecule has 2 rings (SSSR count). The predicted molar refractivity (Wildman–Crippen MR) is 90.7 cm³/mol. The third kappa shape index (κ3) is 4.85. The summed E-state index contributed by atoms with van der Waals surface area (Å²) in [5.41, 5.74) is 1.49. The Morgan fingerprint density at radius 1 is 1.04 bits per heavy atom. The zero-order valence-corrected chi connectivity index (χ0v) is 13.3. The monoisotopic (exact) mass is 312 g/mol. The molecule has 5 heteroatoms. The average Bonchev–Trinajstić information content (AvgIpc) is 2.56. The first-order valence-corrected chi connectivity index (χ1v) is 7.37. The molecule has 0 aliphatic rings. The van der Waals surface area contributed by atoms with Crippen LogP contribution in [0.5, 0.6) is 5.75 Å². The molecule has 2 aromatic carbocycles. The molecule has 0 fully saturated rings. The lowest BCUT2D eigenvalue weighted by atomic mass is 10.2. The van der Waals surface area contributed by atoms with E-state index in [9.17, 15) is 9.59 Å². The summed E-state index contributed by atoms with van der Waals surface area (Å²) in [6.45, 7) is 1.81. The summed E-state index contributed by atoms with van der Waals surface area (Å²) >= 11 is 0. The molecule has 0 saturated carbocycles. The van der Waals surface area contributed by atoms with Gasteiger partial charge < -0.3 is 15.0 Å². The van der Waals surface area contributed by atoms with Crippen LogP contribution in [0.4, 0.5) is 11.4 Å². The standard InChI is InChI=1S/C18H20N2O3/c1-14(21)20(16-8-10-17(23-2)11-9-16)13-12-18(22)19-15-6-4-3-5-7-15/h3-11H,12-13H2,1-2H3,(H,19,22). The minimum Gasteiger partial charge on any atom is -0.497 e. The lowest BCUT2D eigenvalue weighted by molar-refractivity contribution is -0.117. The van der Waals surface area contributed by atoms with Gasteiger partial charge in [0, 0.05) is 31.3 Å². The molecule has 1 N–H and O–H groups in total. The van der Waals surface area contributed by atoms with Crippen LogP contribution in [0.3, 0.4) is 0 Å². The molecule has 0 unspecified atom stereocenters. The van der Waals surface area contributed by atoms with Crippen molar-refractivity contribution in [3.63, 3.8) is 0 Å². The lowest BCUT2D eigenvalue weighted by Gasteiger charge is -2.21. The first kappa shape index (κ1) is 16.5. The molecule has 0 bridgehead atoms. The maximum absolute atomic E-state index is 12.0. The first-order valence-electron chi connectivity index (χ1n) is 7.37. The first-order chi connectivity index (χ1) is 11.1. The van der Waals surface area contributed by atoms with E-state index >= 15 is 0 Å². The summed E-state index contributed by atoms with van der Waals surface area (Å²) in [6, 6.07) is 16.4. The third-order valence-corrected chi connectivity index (χ3v) is 3.38. The second-order valence-electron chi connectivity index (χ2n) is 5.03. The van der Waals surface area contributed by atoms with Gasteiger partial charge in [0.25, 0.3) is 0 Å². The minimum atomic E-state index is -0.129. The average molecular weight is 312 g/mol. The highest BCUT2D eigenvalue weighted by molar-refractivity contribution is 5.94. The molecule has 2 aromatic rings. The van der Waals surface area contributed by atoms with E-state index in [4.69, 9.17) is 4.74 Å². The largest absolute Gasteiger partial charge is 0.497 e. The molecule has 0 radical (unpaired) electrons. The van der Waals surface area contributed by atoms with Crippen LogP contribution in [-0.4, -0.2) is 25.5 Å². The van der Waals surface area contributed by atoms with Crippen molar-refractivity contribution < 1.29 is 14.3 Å². The number of benzene rings is 2. The maximum atomic E-state index is 12.0. The van der Waals surface area contributed by atoms with Gasteiger partial charge >= 0.3 is 0 Å². The van der Waals surface area contributed by atoms with E-state index in [0.29, 0.717) is 6.54 Å². The van der Waals surface area contributed by atoms with Gasteiger partial charge in [0.2, 0.25) is 11.8 Å². The number of amides is 2. The number of carbonyl (C=O) groups is 2. The van der Waals surface area contributed by atoms with Crippen molar-refractivity contribution in [1.82, 2.24) is 0 Å². The molecule has 0 aromatic heterocycles. The van der Waals surface area contributed by atoms with E-state index in [-0.39, 0.29) is 18.2 Å². The second kappa shape index (κ2) is 7.98. The topological polar surface area (TPSA) is 58.6 Å². The molecule has 0 saturated heterocycles. The number of ether oxygens (including phenoxy) is 1. The van der Waals surface area contributed by atoms with Crippen molar-refractivity contribution in [2.75, 3.05) is 23.9 Å². The number of hydrogen-bond donors (Lipinski definition) is 1.